The maximum atomic E-state index is 6.01. The fraction of sp³-hybridized carbons (Fsp3) is 0.571. The van der Waals surface area contributed by atoms with Gasteiger partial charge in [-0.3, -0.25) is 0 Å². The molecule has 2 nitrogen and oxygen atoms in total. The van der Waals surface area contributed by atoms with Crippen LogP contribution in [0.3, 0.4) is 0 Å². The molecule has 1 unspecified atom stereocenters. The molecule has 0 spiro atoms. The Hall–Kier alpha value is -0.440. The van der Waals surface area contributed by atoms with E-state index in [9.17, 15) is 0 Å². The molecule has 18 heavy (non-hydrogen) atoms. The highest BCUT2D eigenvalue weighted by atomic mass is 35.5. The molecule has 1 saturated heterocycles. The van der Waals surface area contributed by atoms with Gasteiger partial charge in [0.15, 0.2) is 0 Å². The highest BCUT2D eigenvalue weighted by Crippen LogP contribution is 2.26. The zero-order valence-electron chi connectivity index (χ0n) is 11.0. The van der Waals surface area contributed by atoms with Crippen molar-refractivity contribution in [3.8, 4) is 0 Å². The molecular formula is C14H20Cl2N2. The summed E-state index contributed by atoms with van der Waals surface area (Å²) >= 11 is 12.0. The SMILES string of the molecule is CN(CC1CCCN1C)c1ccc(Cl)cc1CCl. The Morgan fingerprint density at radius 3 is 2.83 bits per heavy atom. The molecule has 1 aromatic carbocycles. The van der Waals surface area contributed by atoms with Gasteiger partial charge in [0.2, 0.25) is 0 Å². The van der Waals surface area contributed by atoms with Crippen molar-refractivity contribution < 1.29 is 0 Å². The van der Waals surface area contributed by atoms with E-state index in [0.717, 1.165) is 17.1 Å². The van der Waals surface area contributed by atoms with Crippen LogP contribution in [0.15, 0.2) is 18.2 Å². The third-order valence-corrected chi connectivity index (χ3v) is 4.28. The summed E-state index contributed by atoms with van der Waals surface area (Å²) in [5.41, 5.74) is 2.29. The normalized spacial score (nSPS) is 20.3. The number of nitrogens with zero attached hydrogens (tertiary/aromatic N) is 2. The number of likely N-dealkylation sites (tertiary alicyclic amines) is 1. The van der Waals surface area contributed by atoms with Gasteiger partial charge in [-0.25, -0.2) is 0 Å². The molecule has 1 aliphatic heterocycles. The fourth-order valence-corrected chi connectivity index (χ4v) is 3.07. The Balaban J connectivity index is 2.10. The van der Waals surface area contributed by atoms with E-state index in [1.165, 1.54) is 25.1 Å². The molecular weight excluding hydrogens is 267 g/mol. The average molecular weight is 287 g/mol. The second-order valence-electron chi connectivity index (χ2n) is 5.06. The van der Waals surface area contributed by atoms with E-state index in [0.29, 0.717) is 11.9 Å². The van der Waals surface area contributed by atoms with Crippen LogP contribution in [0, 0.1) is 0 Å². The van der Waals surface area contributed by atoms with Gasteiger partial charge in [0, 0.05) is 36.2 Å². The third-order valence-electron chi connectivity index (χ3n) is 3.75. The molecule has 0 bridgehead atoms. The molecule has 0 saturated carbocycles. The largest absolute Gasteiger partial charge is 0.373 e. The van der Waals surface area contributed by atoms with Crippen LogP contribution in [0.2, 0.25) is 5.02 Å². The van der Waals surface area contributed by atoms with Crippen molar-refractivity contribution in [2.24, 2.45) is 0 Å². The molecule has 100 valence electrons. The lowest BCUT2D eigenvalue weighted by molar-refractivity contribution is 0.314. The molecule has 1 aromatic rings. The van der Waals surface area contributed by atoms with Crippen LogP contribution < -0.4 is 4.90 Å². The van der Waals surface area contributed by atoms with Crippen molar-refractivity contribution in [1.82, 2.24) is 4.90 Å². The lowest BCUT2D eigenvalue weighted by Gasteiger charge is -2.28. The zero-order chi connectivity index (χ0) is 13.1. The number of halogens is 2. The summed E-state index contributed by atoms with van der Waals surface area (Å²) in [5, 5.41) is 0.751. The molecule has 1 heterocycles. The Labute approximate surface area is 119 Å². The van der Waals surface area contributed by atoms with Crippen molar-refractivity contribution >= 4 is 28.9 Å². The van der Waals surface area contributed by atoms with E-state index in [1.807, 2.05) is 12.1 Å². The predicted octanol–water partition coefficient (Wildman–Crippen LogP) is 3.61. The Kier molecular flexibility index (Phi) is 4.77. The molecule has 1 aliphatic rings. The second-order valence-corrected chi connectivity index (χ2v) is 5.77. The minimum absolute atomic E-state index is 0.501. The Morgan fingerprint density at radius 2 is 2.22 bits per heavy atom. The van der Waals surface area contributed by atoms with Crippen LogP contribution in [0.1, 0.15) is 18.4 Å². The van der Waals surface area contributed by atoms with Crippen molar-refractivity contribution in [2.45, 2.75) is 24.8 Å². The standard InChI is InChI=1S/C14H20Cl2N2/c1-17-7-3-4-13(17)10-18(2)14-6-5-12(16)8-11(14)9-15/h5-6,8,13H,3-4,7,9-10H2,1-2H3. The maximum Gasteiger partial charge on any atom is 0.0495 e. The fourth-order valence-electron chi connectivity index (χ4n) is 2.66. The van der Waals surface area contributed by atoms with Crippen LogP contribution in [-0.4, -0.2) is 38.1 Å². The lowest BCUT2D eigenvalue weighted by Crippen LogP contribution is -2.36. The van der Waals surface area contributed by atoms with E-state index in [2.05, 4.69) is 30.0 Å². The summed E-state index contributed by atoms with van der Waals surface area (Å²) in [7, 11) is 4.33. The van der Waals surface area contributed by atoms with Gasteiger partial charge >= 0.3 is 0 Å². The first-order valence-corrected chi connectivity index (χ1v) is 7.29. The van der Waals surface area contributed by atoms with Crippen LogP contribution in [-0.2, 0) is 5.88 Å². The van der Waals surface area contributed by atoms with Gasteiger partial charge in [-0.05, 0) is 50.2 Å². The monoisotopic (exact) mass is 286 g/mol. The van der Waals surface area contributed by atoms with Gasteiger partial charge in [-0.1, -0.05) is 11.6 Å². The van der Waals surface area contributed by atoms with Gasteiger partial charge in [-0.15, -0.1) is 11.6 Å². The second kappa shape index (κ2) is 6.14. The molecule has 2 rings (SSSR count). The van der Waals surface area contributed by atoms with Crippen molar-refractivity contribution in [2.75, 3.05) is 32.1 Å². The zero-order valence-corrected chi connectivity index (χ0v) is 12.5. The minimum atomic E-state index is 0.501. The summed E-state index contributed by atoms with van der Waals surface area (Å²) in [6.45, 7) is 2.25. The summed E-state index contributed by atoms with van der Waals surface area (Å²) in [6, 6.07) is 6.60. The van der Waals surface area contributed by atoms with Gasteiger partial charge in [-0.2, -0.15) is 0 Å². The highest BCUT2D eigenvalue weighted by molar-refractivity contribution is 6.30. The molecule has 0 radical (unpaired) electrons. The van der Waals surface area contributed by atoms with Crippen LogP contribution in [0.4, 0.5) is 5.69 Å². The Bertz CT molecular complexity index is 409. The molecule has 0 aromatic heterocycles. The van der Waals surface area contributed by atoms with Crippen molar-refractivity contribution in [3.05, 3.63) is 28.8 Å². The molecule has 1 fully saturated rings. The first-order valence-electron chi connectivity index (χ1n) is 6.37. The smallest absolute Gasteiger partial charge is 0.0495 e. The summed E-state index contributed by atoms with van der Waals surface area (Å²) < 4.78 is 0. The van der Waals surface area contributed by atoms with E-state index in [-0.39, 0.29) is 0 Å². The van der Waals surface area contributed by atoms with Crippen LogP contribution in [0.5, 0.6) is 0 Å². The molecule has 4 heteroatoms. The number of benzene rings is 1. The maximum absolute atomic E-state index is 6.01. The summed E-state index contributed by atoms with van der Waals surface area (Å²) in [5.74, 6) is 0.501. The molecule has 1 atom stereocenters. The molecule has 0 N–H and O–H groups in total. The first-order chi connectivity index (χ1) is 8.61. The highest BCUT2D eigenvalue weighted by Gasteiger charge is 2.22. The van der Waals surface area contributed by atoms with Crippen LogP contribution >= 0.6 is 23.2 Å². The topological polar surface area (TPSA) is 6.48 Å². The molecule has 0 aliphatic carbocycles. The number of anilines is 1. The van der Waals surface area contributed by atoms with Crippen LogP contribution in [0.25, 0.3) is 0 Å². The number of alkyl halides is 1. The van der Waals surface area contributed by atoms with Crippen molar-refractivity contribution in [1.29, 1.82) is 0 Å². The Morgan fingerprint density at radius 1 is 1.44 bits per heavy atom. The average Bonchev–Trinajstić information content (AvgIpc) is 2.74. The predicted molar refractivity (Wildman–Crippen MR) is 79.9 cm³/mol. The summed E-state index contributed by atoms with van der Waals surface area (Å²) in [6.07, 6.45) is 2.59. The van der Waals surface area contributed by atoms with E-state index in [1.54, 1.807) is 0 Å². The van der Waals surface area contributed by atoms with Gasteiger partial charge in [0.05, 0.1) is 0 Å². The number of rotatable bonds is 4. The quantitative estimate of drug-likeness (QED) is 0.781. The van der Waals surface area contributed by atoms with Gasteiger partial charge in [0.25, 0.3) is 0 Å². The lowest BCUT2D eigenvalue weighted by atomic mass is 10.1. The number of likely N-dealkylation sites (N-methyl/N-ethyl adjacent to an activating group) is 2. The minimum Gasteiger partial charge on any atom is -0.373 e. The van der Waals surface area contributed by atoms with E-state index < -0.39 is 0 Å². The van der Waals surface area contributed by atoms with E-state index in [4.69, 9.17) is 23.2 Å². The number of hydrogen-bond acceptors (Lipinski definition) is 2. The first kappa shape index (κ1) is 14.0. The number of hydrogen-bond donors (Lipinski definition) is 0. The molecule has 0 amide bonds. The van der Waals surface area contributed by atoms with Gasteiger partial charge < -0.3 is 9.80 Å². The summed E-state index contributed by atoms with van der Waals surface area (Å²) in [4.78, 5) is 4.73. The third kappa shape index (κ3) is 3.11. The van der Waals surface area contributed by atoms with E-state index >= 15 is 0 Å². The van der Waals surface area contributed by atoms with Gasteiger partial charge in [0.1, 0.15) is 0 Å². The van der Waals surface area contributed by atoms with Crippen molar-refractivity contribution in [3.63, 3.8) is 0 Å².